The molecule has 0 aromatic heterocycles. The molecule has 0 fully saturated rings. The quantitative estimate of drug-likeness (QED) is 0.673. The molecular weight excluding hydrogens is 406 g/mol. The minimum absolute atomic E-state index is 0.0704. The van der Waals surface area contributed by atoms with E-state index in [1.165, 1.54) is 0 Å². The standard InChI is InChI=1S/C25H31N3O4/c1-15(2)26-25(31)22-14-19-6-5-7-21(13-19)32-20-10-8-18(9-11-20)12-16(3)23(29)27-17(4)24(30)28-22/h5-11,13,15-17,22H,12,14H2,1-4H3,(H,26,31)(H,27,29)(H,28,30)/t16-,17-,22?/m0/s1. The maximum atomic E-state index is 12.8. The molecule has 3 atom stereocenters. The number of nitrogens with one attached hydrogen (secondary N) is 3. The zero-order valence-electron chi connectivity index (χ0n) is 19.0. The second kappa shape index (κ2) is 10.3. The third kappa shape index (κ3) is 6.33. The Bertz CT molecular complexity index is 971. The van der Waals surface area contributed by atoms with Crippen LogP contribution in [0, 0.1) is 5.92 Å². The molecule has 1 unspecified atom stereocenters. The van der Waals surface area contributed by atoms with Gasteiger partial charge in [-0.15, -0.1) is 0 Å². The van der Waals surface area contributed by atoms with E-state index >= 15 is 0 Å². The summed E-state index contributed by atoms with van der Waals surface area (Å²) in [7, 11) is 0. The van der Waals surface area contributed by atoms with Crippen LogP contribution in [0.2, 0.25) is 0 Å². The Labute approximate surface area is 188 Å². The monoisotopic (exact) mass is 437 g/mol. The molecule has 4 bridgehead atoms. The molecule has 7 nitrogen and oxygen atoms in total. The predicted octanol–water partition coefficient (Wildman–Crippen LogP) is 2.73. The minimum atomic E-state index is -0.786. The first kappa shape index (κ1) is 23.3. The molecule has 170 valence electrons. The maximum Gasteiger partial charge on any atom is 0.243 e. The van der Waals surface area contributed by atoms with Gasteiger partial charge in [-0.2, -0.15) is 0 Å². The smallest absolute Gasteiger partial charge is 0.243 e. The summed E-state index contributed by atoms with van der Waals surface area (Å²) in [5, 5.41) is 8.42. The van der Waals surface area contributed by atoms with Gasteiger partial charge in [0.25, 0.3) is 0 Å². The summed E-state index contributed by atoms with van der Waals surface area (Å²) >= 11 is 0. The van der Waals surface area contributed by atoms with E-state index in [0.717, 1.165) is 11.1 Å². The summed E-state index contributed by atoms with van der Waals surface area (Å²) in [6.45, 7) is 7.17. The normalized spacial score (nSPS) is 21.8. The highest BCUT2D eigenvalue weighted by Gasteiger charge is 2.26. The summed E-state index contributed by atoms with van der Waals surface area (Å²) in [6, 6.07) is 13.4. The van der Waals surface area contributed by atoms with Crippen molar-refractivity contribution in [2.45, 2.75) is 58.7 Å². The SMILES string of the molecule is CC(C)NC(=O)C1Cc2cccc(c2)Oc2ccc(cc2)C[C@H](C)C(=O)N[C@@H](C)C(=O)N1. The van der Waals surface area contributed by atoms with Crippen molar-refractivity contribution in [3.05, 3.63) is 59.7 Å². The summed E-state index contributed by atoms with van der Waals surface area (Å²) in [4.78, 5) is 38.2. The lowest BCUT2D eigenvalue weighted by Crippen LogP contribution is -2.54. The summed E-state index contributed by atoms with van der Waals surface area (Å²) in [5.74, 6) is 0.112. The van der Waals surface area contributed by atoms with Gasteiger partial charge >= 0.3 is 0 Å². The van der Waals surface area contributed by atoms with Crippen LogP contribution in [0.15, 0.2) is 48.5 Å². The van der Waals surface area contributed by atoms with Crippen LogP contribution in [0.1, 0.15) is 38.8 Å². The van der Waals surface area contributed by atoms with Crippen molar-refractivity contribution < 1.29 is 19.1 Å². The van der Waals surface area contributed by atoms with Gasteiger partial charge in [0.2, 0.25) is 17.7 Å². The topological polar surface area (TPSA) is 96.5 Å². The second-order valence-electron chi connectivity index (χ2n) is 8.66. The molecule has 3 amide bonds. The van der Waals surface area contributed by atoms with Gasteiger partial charge in [-0.3, -0.25) is 14.4 Å². The Kier molecular flexibility index (Phi) is 7.51. The fourth-order valence-electron chi connectivity index (χ4n) is 3.56. The summed E-state index contributed by atoms with van der Waals surface area (Å²) in [5.41, 5.74) is 1.85. The Morgan fingerprint density at radius 2 is 1.66 bits per heavy atom. The van der Waals surface area contributed by atoms with Gasteiger partial charge in [-0.1, -0.05) is 31.2 Å². The Morgan fingerprint density at radius 3 is 2.34 bits per heavy atom. The first-order chi connectivity index (χ1) is 15.2. The molecule has 0 spiro atoms. The van der Waals surface area contributed by atoms with E-state index in [1.807, 2.05) is 69.3 Å². The number of ether oxygens (including phenoxy) is 1. The minimum Gasteiger partial charge on any atom is -0.457 e. The number of carbonyl (C=O) groups excluding carboxylic acids is 3. The van der Waals surface area contributed by atoms with Crippen molar-refractivity contribution in [1.82, 2.24) is 16.0 Å². The summed E-state index contributed by atoms with van der Waals surface area (Å²) in [6.07, 6.45) is 0.826. The van der Waals surface area contributed by atoms with Crippen LogP contribution in [0.3, 0.4) is 0 Å². The number of fused-ring (bicyclic) bond motifs is 10. The number of rotatable bonds is 2. The van der Waals surface area contributed by atoms with Gasteiger partial charge in [0.15, 0.2) is 0 Å². The van der Waals surface area contributed by atoms with Crippen LogP contribution in [-0.2, 0) is 27.2 Å². The summed E-state index contributed by atoms with van der Waals surface area (Å²) < 4.78 is 5.98. The lowest BCUT2D eigenvalue weighted by atomic mass is 10.00. The van der Waals surface area contributed by atoms with E-state index in [9.17, 15) is 14.4 Å². The molecule has 2 aromatic rings. The Morgan fingerprint density at radius 1 is 0.938 bits per heavy atom. The third-order valence-corrected chi connectivity index (χ3v) is 5.30. The highest BCUT2D eigenvalue weighted by molar-refractivity contribution is 5.92. The van der Waals surface area contributed by atoms with Gasteiger partial charge < -0.3 is 20.7 Å². The van der Waals surface area contributed by atoms with E-state index < -0.39 is 18.0 Å². The van der Waals surface area contributed by atoms with Gasteiger partial charge in [0.1, 0.15) is 23.6 Å². The van der Waals surface area contributed by atoms with Gasteiger partial charge in [-0.05, 0) is 62.6 Å². The molecule has 2 aliphatic heterocycles. The predicted molar refractivity (Wildman–Crippen MR) is 122 cm³/mol. The number of benzene rings is 2. The molecule has 4 rings (SSSR count). The average molecular weight is 438 g/mol. The fourth-order valence-corrected chi connectivity index (χ4v) is 3.56. The van der Waals surface area contributed by atoms with Gasteiger partial charge in [-0.25, -0.2) is 0 Å². The van der Waals surface area contributed by atoms with Gasteiger partial charge in [0.05, 0.1) is 0 Å². The largest absolute Gasteiger partial charge is 0.457 e. The first-order valence-corrected chi connectivity index (χ1v) is 11.0. The molecule has 2 heterocycles. The number of amides is 3. The van der Waals surface area contributed by atoms with Crippen molar-refractivity contribution in [1.29, 1.82) is 0 Å². The van der Waals surface area contributed by atoms with E-state index in [4.69, 9.17) is 4.74 Å². The molecule has 32 heavy (non-hydrogen) atoms. The lowest BCUT2D eigenvalue weighted by Gasteiger charge is -2.23. The van der Waals surface area contributed by atoms with E-state index in [1.54, 1.807) is 6.92 Å². The van der Waals surface area contributed by atoms with Crippen LogP contribution in [0.5, 0.6) is 11.5 Å². The number of hydrogen-bond acceptors (Lipinski definition) is 4. The molecule has 0 saturated carbocycles. The van der Waals surface area contributed by atoms with E-state index in [-0.39, 0.29) is 30.2 Å². The number of hydrogen-bond donors (Lipinski definition) is 3. The Hall–Kier alpha value is -3.35. The first-order valence-electron chi connectivity index (χ1n) is 11.0. The zero-order valence-corrected chi connectivity index (χ0v) is 19.0. The van der Waals surface area contributed by atoms with Crippen molar-refractivity contribution in [3.63, 3.8) is 0 Å². The molecule has 7 heteroatoms. The van der Waals surface area contributed by atoms with Crippen LogP contribution in [-0.4, -0.2) is 35.8 Å². The average Bonchev–Trinajstić information content (AvgIpc) is 2.73. The molecule has 0 radical (unpaired) electrons. The van der Waals surface area contributed by atoms with Crippen LogP contribution >= 0.6 is 0 Å². The molecule has 0 saturated heterocycles. The lowest BCUT2D eigenvalue weighted by molar-refractivity contribution is -0.132. The van der Waals surface area contributed by atoms with Crippen molar-refractivity contribution in [2.75, 3.05) is 0 Å². The van der Waals surface area contributed by atoms with Crippen molar-refractivity contribution in [3.8, 4) is 11.5 Å². The molecular formula is C25H31N3O4. The van der Waals surface area contributed by atoms with Crippen LogP contribution < -0.4 is 20.7 Å². The van der Waals surface area contributed by atoms with E-state index in [0.29, 0.717) is 17.9 Å². The van der Waals surface area contributed by atoms with Crippen molar-refractivity contribution >= 4 is 17.7 Å². The molecule has 0 aliphatic carbocycles. The zero-order chi connectivity index (χ0) is 23.3. The maximum absolute atomic E-state index is 12.8. The molecule has 2 aliphatic rings. The molecule has 2 aromatic carbocycles. The van der Waals surface area contributed by atoms with Crippen LogP contribution in [0.25, 0.3) is 0 Å². The van der Waals surface area contributed by atoms with E-state index in [2.05, 4.69) is 16.0 Å². The van der Waals surface area contributed by atoms with Crippen molar-refractivity contribution in [2.24, 2.45) is 5.92 Å². The van der Waals surface area contributed by atoms with Gasteiger partial charge in [0, 0.05) is 18.4 Å². The highest BCUT2D eigenvalue weighted by Crippen LogP contribution is 2.24. The molecule has 3 N–H and O–H groups in total. The second-order valence-corrected chi connectivity index (χ2v) is 8.66. The Balaban J connectivity index is 1.93. The third-order valence-electron chi connectivity index (χ3n) is 5.30. The fraction of sp³-hybridized carbons (Fsp3) is 0.400. The number of carbonyl (C=O) groups is 3. The van der Waals surface area contributed by atoms with Crippen LogP contribution in [0.4, 0.5) is 0 Å². The highest BCUT2D eigenvalue weighted by atomic mass is 16.5.